The van der Waals surface area contributed by atoms with Gasteiger partial charge in [0.1, 0.15) is 11.4 Å². The molecule has 0 spiro atoms. The molecule has 0 bridgehead atoms. The van der Waals surface area contributed by atoms with Crippen LogP contribution >= 0.6 is 0 Å². The topological polar surface area (TPSA) is 62.7 Å². The standard InChI is InChI=1S/C16H22N2O3/c19-16(20)14-7-6-13(10-17-14)21-11-12-4-3-9-18-8-2-1-5-15(12)18/h6-7,10,12,15H,1-5,8-9,11H2,(H,19,20)/t12-,15+/m1/s1. The number of piperidine rings is 2. The number of fused-ring (bicyclic) bond motifs is 1. The Morgan fingerprint density at radius 3 is 2.90 bits per heavy atom. The van der Waals surface area contributed by atoms with Gasteiger partial charge in [0.2, 0.25) is 0 Å². The Labute approximate surface area is 124 Å². The molecule has 1 N–H and O–H groups in total. The van der Waals surface area contributed by atoms with Crippen LogP contribution in [0.2, 0.25) is 0 Å². The maximum Gasteiger partial charge on any atom is 0.354 e. The summed E-state index contributed by atoms with van der Waals surface area (Å²) >= 11 is 0. The van der Waals surface area contributed by atoms with Crippen LogP contribution in [0.4, 0.5) is 0 Å². The molecule has 2 aliphatic rings. The second kappa shape index (κ2) is 6.43. The van der Waals surface area contributed by atoms with Gasteiger partial charge in [0.25, 0.3) is 0 Å². The van der Waals surface area contributed by atoms with Crippen LogP contribution in [0, 0.1) is 5.92 Å². The van der Waals surface area contributed by atoms with E-state index in [-0.39, 0.29) is 5.69 Å². The van der Waals surface area contributed by atoms with Gasteiger partial charge in [0, 0.05) is 12.0 Å². The lowest BCUT2D eigenvalue weighted by Gasteiger charge is -2.44. The Bertz CT molecular complexity index is 487. The Kier molecular flexibility index (Phi) is 4.39. The van der Waals surface area contributed by atoms with Crippen LogP contribution in [-0.2, 0) is 0 Å². The highest BCUT2D eigenvalue weighted by molar-refractivity contribution is 5.85. The number of carboxylic acid groups (broad SMARTS) is 1. The molecule has 21 heavy (non-hydrogen) atoms. The van der Waals surface area contributed by atoms with Gasteiger partial charge in [-0.05, 0) is 50.9 Å². The number of carboxylic acids is 1. The predicted octanol–water partition coefficient (Wildman–Crippen LogP) is 2.42. The molecule has 5 nitrogen and oxygen atoms in total. The van der Waals surface area contributed by atoms with E-state index in [1.807, 2.05) is 0 Å². The van der Waals surface area contributed by atoms with E-state index in [1.54, 1.807) is 6.07 Å². The molecule has 1 aromatic heterocycles. The van der Waals surface area contributed by atoms with Crippen molar-refractivity contribution in [2.75, 3.05) is 19.7 Å². The van der Waals surface area contributed by atoms with Crippen molar-refractivity contribution >= 4 is 5.97 Å². The smallest absolute Gasteiger partial charge is 0.354 e. The summed E-state index contributed by atoms with van der Waals surface area (Å²) in [5.41, 5.74) is 0.0541. The molecule has 0 saturated carbocycles. The van der Waals surface area contributed by atoms with E-state index < -0.39 is 5.97 Å². The zero-order chi connectivity index (χ0) is 14.7. The number of carbonyl (C=O) groups is 1. The van der Waals surface area contributed by atoms with Gasteiger partial charge in [-0.1, -0.05) is 6.42 Å². The Morgan fingerprint density at radius 1 is 1.29 bits per heavy atom. The van der Waals surface area contributed by atoms with Crippen molar-refractivity contribution in [2.45, 2.75) is 38.1 Å². The maximum atomic E-state index is 10.8. The van der Waals surface area contributed by atoms with Gasteiger partial charge in [-0.2, -0.15) is 0 Å². The first kappa shape index (κ1) is 14.3. The third-order valence-corrected chi connectivity index (χ3v) is 4.65. The van der Waals surface area contributed by atoms with E-state index in [2.05, 4.69) is 9.88 Å². The van der Waals surface area contributed by atoms with Crippen LogP contribution in [-0.4, -0.2) is 46.7 Å². The Balaban J connectivity index is 1.57. The number of nitrogens with zero attached hydrogens (tertiary/aromatic N) is 2. The highest BCUT2D eigenvalue weighted by Gasteiger charge is 2.33. The normalized spacial score (nSPS) is 26.1. The zero-order valence-electron chi connectivity index (χ0n) is 12.2. The van der Waals surface area contributed by atoms with E-state index in [0.29, 0.717) is 24.3 Å². The maximum absolute atomic E-state index is 10.8. The molecule has 0 amide bonds. The molecular weight excluding hydrogens is 268 g/mol. The molecule has 3 rings (SSSR count). The number of rotatable bonds is 4. The van der Waals surface area contributed by atoms with Crippen molar-refractivity contribution in [3.8, 4) is 5.75 Å². The van der Waals surface area contributed by atoms with Crippen LogP contribution in [0.15, 0.2) is 18.3 Å². The number of hydrogen-bond acceptors (Lipinski definition) is 4. The van der Waals surface area contributed by atoms with Crippen LogP contribution < -0.4 is 4.74 Å². The summed E-state index contributed by atoms with van der Waals surface area (Å²) in [6.45, 7) is 3.17. The van der Waals surface area contributed by atoms with Crippen LogP contribution in [0.1, 0.15) is 42.6 Å². The number of pyridine rings is 1. The van der Waals surface area contributed by atoms with Crippen molar-refractivity contribution in [3.05, 3.63) is 24.0 Å². The molecule has 0 unspecified atom stereocenters. The van der Waals surface area contributed by atoms with E-state index in [9.17, 15) is 4.79 Å². The van der Waals surface area contributed by atoms with Crippen LogP contribution in [0.5, 0.6) is 5.75 Å². The van der Waals surface area contributed by atoms with Crippen molar-refractivity contribution in [1.82, 2.24) is 9.88 Å². The lowest BCUT2D eigenvalue weighted by atomic mass is 9.84. The minimum atomic E-state index is -1.01. The number of hydrogen-bond donors (Lipinski definition) is 1. The van der Waals surface area contributed by atoms with Gasteiger partial charge in [0.05, 0.1) is 12.8 Å². The summed E-state index contributed by atoms with van der Waals surface area (Å²) in [6, 6.07) is 3.85. The molecule has 0 aliphatic carbocycles. The van der Waals surface area contributed by atoms with Crippen molar-refractivity contribution in [3.63, 3.8) is 0 Å². The van der Waals surface area contributed by atoms with Crippen molar-refractivity contribution in [2.24, 2.45) is 5.92 Å². The second-order valence-corrected chi connectivity index (χ2v) is 6.00. The third-order valence-electron chi connectivity index (χ3n) is 4.65. The first-order valence-electron chi connectivity index (χ1n) is 7.80. The average molecular weight is 290 g/mol. The molecule has 3 heterocycles. The van der Waals surface area contributed by atoms with Crippen molar-refractivity contribution < 1.29 is 14.6 Å². The molecule has 0 aromatic carbocycles. The fraction of sp³-hybridized carbons (Fsp3) is 0.625. The van der Waals surface area contributed by atoms with Gasteiger partial charge in [-0.15, -0.1) is 0 Å². The number of aromatic nitrogens is 1. The molecule has 2 saturated heterocycles. The molecule has 2 aliphatic heterocycles. The summed E-state index contributed by atoms with van der Waals surface area (Å²) in [5.74, 6) is 0.234. The van der Waals surface area contributed by atoms with Gasteiger partial charge >= 0.3 is 5.97 Å². The molecule has 114 valence electrons. The Morgan fingerprint density at radius 2 is 2.14 bits per heavy atom. The summed E-state index contributed by atoms with van der Waals surface area (Å²) in [5, 5.41) is 8.83. The minimum Gasteiger partial charge on any atom is -0.492 e. The summed E-state index contributed by atoms with van der Waals surface area (Å²) in [6.07, 6.45) is 7.91. The lowest BCUT2D eigenvalue weighted by Crippen LogP contribution is -2.49. The average Bonchev–Trinajstić information content (AvgIpc) is 2.53. The fourth-order valence-electron chi connectivity index (χ4n) is 3.57. The fourth-order valence-corrected chi connectivity index (χ4v) is 3.57. The molecule has 0 radical (unpaired) electrons. The second-order valence-electron chi connectivity index (χ2n) is 6.00. The largest absolute Gasteiger partial charge is 0.492 e. The molecule has 2 atom stereocenters. The van der Waals surface area contributed by atoms with E-state index in [0.717, 1.165) is 0 Å². The first-order valence-corrected chi connectivity index (χ1v) is 7.80. The van der Waals surface area contributed by atoms with Gasteiger partial charge in [-0.25, -0.2) is 9.78 Å². The summed E-state index contributed by atoms with van der Waals surface area (Å²) in [4.78, 5) is 17.3. The molecule has 5 heteroatoms. The number of aromatic carboxylic acids is 1. The van der Waals surface area contributed by atoms with Crippen LogP contribution in [0.3, 0.4) is 0 Å². The monoisotopic (exact) mass is 290 g/mol. The van der Waals surface area contributed by atoms with Crippen molar-refractivity contribution in [1.29, 1.82) is 0 Å². The van der Waals surface area contributed by atoms with E-state index in [1.165, 1.54) is 57.5 Å². The summed E-state index contributed by atoms with van der Waals surface area (Å²) in [7, 11) is 0. The van der Waals surface area contributed by atoms with Gasteiger partial charge in [0.15, 0.2) is 0 Å². The highest BCUT2D eigenvalue weighted by Crippen LogP contribution is 2.31. The zero-order valence-corrected chi connectivity index (χ0v) is 12.2. The predicted molar refractivity (Wildman–Crippen MR) is 78.6 cm³/mol. The minimum absolute atomic E-state index is 0.0541. The first-order chi connectivity index (χ1) is 10.2. The lowest BCUT2D eigenvalue weighted by molar-refractivity contribution is 0.0365. The SMILES string of the molecule is O=C(O)c1ccc(OC[C@H]2CCCN3CCCC[C@@H]23)cn1. The summed E-state index contributed by atoms with van der Waals surface area (Å²) < 4.78 is 5.85. The number of ether oxygens (including phenoxy) is 1. The third kappa shape index (κ3) is 3.35. The van der Waals surface area contributed by atoms with Crippen LogP contribution in [0.25, 0.3) is 0 Å². The van der Waals surface area contributed by atoms with E-state index >= 15 is 0 Å². The molecular formula is C16H22N2O3. The van der Waals surface area contributed by atoms with Gasteiger partial charge < -0.3 is 9.84 Å². The highest BCUT2D eigenvalue weighted by atomic mass is 16.5. The van der Waals surface area contributed by atoms with Gasteiger partial charge in [-0.3, -0.25) is 4.90 Å². The molecule has 1 aromatic rings. The van der Waals surface area contributed by atoms with E-state index in [4.69, 9.17) is 9.84 Å². The molecule has 2 fully saturated rings. The Hall–Kier alpha value is -1.62. The quantitative estimate of drug-likeness (QED) is 0.922.